The molecule has 3 heterocycles. The van der Waals surface area contributed by atoms with Gasteiger partial charge in [0, 0.05) is 38.3 Å². The normalized spacial score (nSPS) is 15.3. The van der Waals surface area contributed by atoms with Crippen molar-refractivity contribution in [1.29, 1.82) is 0 Å². The van der Waals surface area contributed by atoms with Crippen LogP contribution in [0.1, 0.15) is 0 Å². The Labute approximate surface area is 168 Å². The summed E-state index contributed by atoms with van der Waals surface area (Å²) in [6.45, 7) is 0. The smallest absolute Gasteiger partial charge is 0.0743 e. The Kier molecular flexibility index (Phi) is 3.05. The molecule has 3 aliphatic rings. The minimum absolute atomic E-state index is 1.14. The molecule has 0 saturated carbocycles. The summed E-state index contributed by atoms with van der Waals surface area (Å²) in [5, 5.41) is 0. The summed E-state index contributed by atoms with van der Waals surface area (Å²) >= 11 is 13.0. The molecular weight excluding hydrogens is 486 g/mol. The highest BCUT2D eigenvalue weighted by molar-refractivity contribution is 9.10. The second kappa shape index (κ2) is 5.01. The number of halogens is 2. The van der Waals surface area contributed by atoms with Crippen LogP contribution in [0.5, 0.6) is 0 Å². The van der Waals surface area contributed by atoms with E-state index in [9.17, 15) is 0 Å². The van der Waals surface area contributed by atoms with Crippen LogP contribution in [0.15, 0.2) is 80.8 Å². The van der Waals surface area contributed by atoms with Crippen molar-refractivity contribution in [2.45, 2.75) is 29.4 Å². The third-order valence-electron chi connectivity index (χ3n) is 4.30. The van der Waals surface area contributed by atoms with Gasteiger partial charge in [0.15, 0.2) is 0 Å². The molecule has 116 valence electrons. The monoisotopic (exact) mass is 491 g/mol. The van der Waals surface area contributed by atoms with Crippen molar-refractivity contribution in [1.82, 2.24) is 0 Å². The molecule has 1 nitrogen and oxygen atoms in total. The Bertz CT molecular complexity index is 1000. The third-order valence-corrected chi connectivity index (χ3v) is 8.44. The highest BCUT2D eigenvalue weighted by atomic mass is 79.9. The molecule has 0 radical (unpaired) electrons. The molecule has 6 heteroatoms. The van der Waals surface area contributed by atoms with Crippen LogP contribution in [0.3, 0.4) is 0 Å². The molecule has 0 N–H and O–H groups in total. The predicted molar refractivity (Wildman–Crippen MR) is 109 cm³/mol. The highest BCUT2D eigenvalue weighted by Gasteiger charge is 2.38. The van der Waals surface area contributed by atoms with Gasteiger partial charge in [0.2, 0.25) is 0 Å². The van der Waals surface area contributed by atoms with E-state index < -0.39 is 0 Å². The van der Waals surface area contributed by atoms with E-state index in [0.717, 1.165) is 8.95 Å². The average molecular weight is 493 g/mol. The molecule has 3 aromatic rings. The highest BCUT2D eigenvalue weighted by Crippen LogP contribution is 2.66. The van der Waals surface area contributed by atoms with Gasteiger partial charge in [0.25, 0.3) is 0 Å². The lowest BCUT2D eigenvalue weighted by Crippen LogP contribution is -2.22. The summed E-state index contributed by atoms with van der Waals surface area (Å²) in [6.07, 6.45) is 0. The van der Waals surface area contributed by atoms with Crippen LogP contribution in [0.4, 0.5) is 17.1 Å². The van der Waals surface area contributed by atoms with Crippen LogP contribution in [-0.2, 0) is 0 Å². The number of benzene rings is 3. The number of rotatable bonds is 0. The quantitative estimate of drug-likeness (QED) is 0.210. The zero-order valence-electron chi connectivity index (χ0n) is 12.0. The van der Waals surface area contributed by atoms with Crippen LogP contribution in [-0.4, -0.2) is 0 Å². The first-order valence-electron chi connectivity index (χ1n) is 7.33. The molecule has 0 spiro atoms. The SMILES string of the molecule is Brc1cc2c3c(c1)Sc1cc(Br)cc4c1N3c1c(cccc1S4)S2. The Hall–Kier alpha value is -0.530. The Balaban J connectivity index is 1.78. The fraction of sp³-hybridized carbons (Fsp3) is 0. The van der Waals surface area contributed by atoms with E-state index in [2.05, 4.69) is 79.2 Å². The summed E-state index contributed by atoms with van der Waals surface area (Å²) < 4.78 is 2.28. The van der Waals surface area contributed by atoms with Crippen LogP contribution in [0.2, 0.25) is 0 Å². The zero-order chi connectivity index (χ0) is 16.0. The van der Waals surface area contributed by atoms with Gasteiger partial charge in [0.1, 0.15) is 0 Å². The zero-order valence-corrected chi connectivity index (χ0v) is 17.6. The van der Waals surface area contributed by atoms with E-state index >= 15 is 0 Å². The number of hydrogen-bond donors (Lipinski definition) is 0. The van der Waals surface area contributed by atoms with Gasteiger partial charge in [-0.3, -0.25) is 0 Å². The van der Waals surface area contributed by atoms with Crippen LogP contribution < -0.4 is 4.90 Å². The second-order valence-electron chi connectivity index (χ2n) is 5.75. The molecule has 0 fully saturated rings. The van der Waals surface area contributed by atoms with Crippen LogP contribution >= 0.6 is 67.1 Å². The lowest BCUT2D eigenvalue weighted by atomic mass is 10.1. The Morgan fingerprint density at radius 1 is 0.583 bits per heavy atom. The molecule has 0 atom stereocenters. The van der Waals surface area contributed by atoms with Gasteiger partial charge in [-0.05, 0) is 36.4 Å². The fourth-order valence-electron chi connectivity index (χ4n) is 3.43. The Morgan fingerprint density at radius 2 is 0.958 bits per heavy atom. The van der Waals surface area contributed by atoms with Gasteiger partial charge in [-0.15, -0.1) is 0 Å². The first-order chi connectivity index (χ1) is 11.7. The summed E-state index contributed by atoms with van der Waals surface area (Å²) in [5.41, 5.74) is 4.02. The average Bonchev–Trinajstić information content (AvgIpc) is 2.53. The molecule has 0 bridgehead atoms. The van der Waals surface area contributed by atoms with Crippen molar-refractivity contribution in [3.05, 3.63) is 51.4 Å². The Morgan fingerprint density at radius 3 is 1.42 bits per heavy atom. The molecular formula is C18H7Br2NS3. The maximum Gasteiger partial charge on any atom is 0.0743 e. The van der Waals surface area contributed by atoms with Crippen molar-refractivity contribution < 1.29 is 0 Å². The van der Waals surface area contributed by atoms with Crippen molar-refractivity contribution in [3.8, 4) is 0 Å². The van der Waals surface area contributed by atoms with Crippen LogP contribution in [0, 0.1) is 0 Å². The minimum Gasteiger partial charge on any atom is -0.304 e. The molecule has 3 aliphatic heterocycles. The molecule has 0 amide bonds. The molecule has 0 aliphatic carbocycles. The van der Waals surface area contributed by atoms with Gasteiger partial charge >= 0.3 is 0 Å². The maximum absolute atomic E-state index is 3.69. The van der Waals surface area contributed by atoms with E-state index in [1.165, 1.54) is 46.4 Å². The third kappa shape index (κ3) is 1.86. The van der Waals surface area contributed by atoms with Gasteiger partial charge in [-0.2, -0.15) is 0 Å². The predicted octanol–water partition coefficient (Wildman–Crippen LogP) is 8.08. The largest absolute Gasteiger partial charge is 0.304 e. The van der Waals surface area contributed by atoms with E-state index in [0.29, 0.717) is 0 Å². The topological polar surface area (TPSA) is 3.24 Å². The number of anilines is 3. The van der Waals surface area contributed by atoms with Crippen molar-refractivity contribution in [3.63, 3.8) is 0 Å². The van der Waals surface area contributed by atoms with E-state index in [1.807, 2.05) is 35.3 Å². The van der Waals surface area contributed by atoms with E-state index in [4.69, 9.17) is 0 Å². The summed E-state index contributed by atoms with van der Waals surface area (Å²) in [5.74, 6) is 0. The minimum atomic E-state index is 1.14. The van der Waals surface area contributed by atoms with E-state index in [-0.39, 0.29) is 0 Å². The first-order valence-corrected chi connectivity index (χ1v) is 11.4. The van der Waals surface area contributed by atoms with Gasteiger partial charge in [-0.25, -0.2) is 0 Å². The van der Waals surface area contributed by atoms with Crippen molar-refractivity contribution >= 4 is 84.2 Å². The standard InChI is InChI=1S/C18H7Br2NS3/c19-8-4-12-17-14(6-8)24-15-7-9(20)5-13-18(15)21(17)16-10(22-12)2-1-3-11(16)23-13/h1-7H. The van der Waals surface area contributed by atoms with E-state index in [1.54, 1.807) is 0 Å². The first kappa shape index (κ1) is 14.6. The van der Waals surface area contributed by atoms with Crippen LogP contribution in [0.25, 0.3) is 0 Å². The summed E-state index contributed by atoms with van der Waals surface area (Å²) in [6, 6.07) is 15.6. The molecule has 24 heavy (non-hydrogen) atoms. The van der Waals surface area contributed by atoms with Gasteiger partial charge in [0.05, 0.1) is 17.1 Å². The molecule has 0 saturated heterocycles. The molecule has 0 aromatic heterocycles. The van der Waals surface area contributed by atoms with Crippen molar-refractivity contribution in [2.75, 3.05) is 4.90 Å². The van der Waals surface area contributed by atoms with Gasteiger partial charge in [-0.1, -0.05) is 73.2 Å². The maximum atomic E-state index is 3.69. The van der Waals surface area contributed by atoms with Crippen molar-refractivity contribution in [2.24, 2.45) is 0 Å². The number of para-hydroxylation sites is 1. The molecule has 0 unspecified atom stereocenters. The lowest BCUT2D eigenvalue weighted by molar-refractivity contribution is 1.02. The summed E-state index contributed by atoms with van der Waals surface area (Å²) in [4.78, 5) is 10.4. The van der Waals surface area contributed by atoms with Gasteiger partial charge < -0.3 is 4.90 Å². The fourth-order valence-corrected chi connectivity index (χ4v) is 8.68. The molecule has 6 rings (SSSR count). The lowest BCUT2D eigenvalue weighted by Gasteiger charge is -2.42. The number of hydrogen-bond acceptors (Lipinski definition) is 4. The second-order valence-corrected chi connectivity index (χ2v) is 10.8. The summed E-state index contributed by atoms with van der Waals surface area (Å²) in [7, 11) is 0. The molecule has 3 aromatic carbocycles. The number of nitrogens with zero attached hydrogens (tertiary/aromatic N) is 1.